The van der Waals surface area contributed by atoms with Gasteiger partial charge in [-0.2, -0.15) is 5.10 Å². The molecule has 0 radical (unpaired) electrons. The number of aliphatic hydroxyl groups is 1. The Hall–Kier alpha value is -3.72. The number of carbonyl (C=O) groups excluding carboxylic acids is 2. The smallest absolute Gasteiger partial charge is 0.258 e. The van der Waals surface area contributed by atoms with Crippen LogP contribution in [0, 0.1) is 6.92 Å². The summed E-state index contributed by atoms with van der Waals surface area (Å²) in [6, 6.07) is 10.5. The summed E-state index contributed by atoms with van der Waals surface area (Å²) < 4.78 is 7.14. The second-order valence-corrected chi connectivity index (χ2v) is 9.26. The van der Waals surface area contributed by atoms with Gasteiger partial charge in [-0.05, 0) is 44.9 Å². The monoisotopic (exact) mass is 477 g/mol. The number of aromatic nitrogens is 3. The van der Waals surface area contributed by atoms with Crippen LogP contribution in [0.5, 0.6) is 0 Å². The Kier molecular flexibility index (Phi) is 6.88. The number of hydrogen-bond donors (Lipinski definition) is 2. The Morgan fingerprint density at radius 2 is 1.91 bits per heavy atom. The van der Waals surface area contributed by atoms with Crippen LogP contribution in [0.25, 0.3) is 16.8 Å². The SMILES string of the molecule is CC(C)=C(C(=O)N1C[C@H](O)C[C@H]1C(=O)N[C@@H](C)c1ccc(-c2ccnn2C)cc1)c1cc(C)no1. The third kappa shape index (κ3) is 5.05. The third-order valence-electron chi connectivity index (χ3n) is 6.32. The van der Waals surface area contributed by atoms with Crippen LogP contribution in [0.1, 0.15) is 50.3 Å². The summed E-state index contributed by atoms with van der Waals surface area (Å²) in [6.45, 7) is 7.37. The molecule has 2 aromatic heterocycles. The number of likely N-dealkylation sites (tertiary alicyclic amines) is 1. The highest BCUT2D eigenvalue weighted by Gasteiger charge is 2.41. The van der Waals surface area contributed by atoms with Crippen molar-refractivity contribution >= 4 is 17.4 Å². The average molecular weight is 478 g/mol. The lowest BCUT2D eigenvalue weighted by Gasteiger charge is -2.26. The fraction of sp³-hybridized carbons (Fsp3) is 0.385. The maximum absolute atomic E-state index is 13.5. The maximum atomic E-state index is 13.5. The second-order valence-electron chi connectivity index (χ2n) is 9.26. The predicted molar refractivity (Wildman–Crippen MR) is 131 cm³/mol. The number of hydrogen-bond acceptors (Lipinski definition) is 6. The van der Waals surface area contributed by atoms with Crippen molar-refractivity contribution in [3.8, 4) is 11.3 Å². The number of benzene rings is 1. The molecule has 0 spiro atoms. The van der Waals surface area contributed by atoms with E-state index in [9.17, 15) is 14.7 Å². The lowest BCUT2D eigenvalue weighted by molar-refractivity contribution is -0.135. The molecule has 0 aliphatic carbocycles. The fourth-order valence-electron chi connectivity index (χ4n) is 4.47. The molecule has 2 amide bonds. The molecule has 0 saturated carbocycles. The Labute approximate surface area is 204 Å². The van der Waals surface area contributed by atoms with Gasteiger partial charge in [-0.15, -0.1) is 0 Å². The van der Waals surface area contributed by atoms with Crippen molar-refractivity contribution in [2.45, 2.75) is 52.3 Å². The molecule has 184 valence electrons. The molecule has 3 atom stereocenters. The first-order chi connectivity index (χ1) is 16.7. The molecule has 35 heavy (non-hydrogen) atoms. The third-order valence-corrected chi connectivity index (χ3v) is 6.32. The standard InChI is InChI=1S/C26H31N5O4/c1-15(2)24(23-12-16(3)29-35-23)26(34)31-14-20(32)13-22(31)25(33)28-17(4)18-6-8-19(9-7-18)21-10-11-27-30(21)5/h6-12,17,20,22,32H,13-14H2,1-5H3,(H,28,33)/t17-,20+,22-/m0/s1. The Morgan fingerprint density at radius 3 is 2.49 bits per heavy atom. The number of nitrogens with one attached hydrogen (secondary N) is 1. The van der Waals surface area contributed by atoms with E-state index < -0.39 is 12.1 Å². The van der Waals surface area contributed by atoms with E-state index >= 15 is 0 Å². The molecule has 4 rings (SSSR count). The molecular weight excluding hydrogens is 446 g/mol. The average Bonchev–Trinajstić information content (AvgIpc) is 3.53. The first kappa shape index (κ1) is 24.4. The minimum absolute atomic E-state index is 0.0780. The Balaban J connectivity index is 1.49. The van der Waals surface area contributed by atoms with Crippen LogP contribution in [-0.4, -0.2) is 55.4 Å². The van der Waals surface area contributed by atoms with Gasteiger partial charge >= 0.3 is 0 Å². The summed E-state index contributed by atoms with van der Waals surface area (Å²) >= 11 is 0. The maximum Gasteiger partial charge on any atom is 0.258 e. The first-order valence-electron chi connectivity index (χ1n) is 11.6. The summed E-state index contributed by atoms with van der Waals surface area (Å²) in [6.07, 6.45) is 1.15. The molecule has 0 unspecified atom stereocenters. The van der Waals surface area contributed by atoms with E-state index in [1.807, 2.05) is 58.2 Å². The van der Waals surface area contributed by atoms with Gasteiger partial charge in [0.25, 0.3) is 5.91 Å². The van der Waals surface area contributed by atoms with E-state index in [4.69, 9.17) is 4.52 Å². The van der Waals surface area contributed by atoms with Gasteiger partial charge in [0.05, 0.1) is 29.1 Å². The quantitative estimate of drug-likeness (QED) is 0.528. The summed E-state index contributed by atoms with van der Waals surface area (Å²) in [7, 11) is 1.89. The molecule has 1 aliphatic rings. The summed E-state index contributed by atoms with van der Waals surface area (Å²) in [5.41, 5.74) is 4.72. The summed E-state index contributed by atoms with van der Waals surface area (Å²) in [5.74, 6) is -0.305. The van der Waals surface area contributed by atoms with Gasteiger partial charge in [0.1, 0.15) is 6.04 Å². The molecule has 2 N–H and O–H groups in total. The van der Waals surface area contributed by atoms with Gasteiger partial charge < -0.3 is 19.8 Å². The number of amides is 2. The van der Waals surface area contributed by atoms with Gasteiger partial charge in [-0.25, -0.2) is 0 Å². The molecule has 1 fully saturated rings. The predicted octanol–water partition coefficient (Wildman–Crippen LogP) is 3.02. The van der Waals surface area contributed by atoms with Gasteiger partial charge in [-0.1, -0.05) is 35.0 Å². The van der Waals surface area contributed by atoms with E-state index in [0.29, 0.717) is 17.0 Å². The van der Waals surface area contributed by atoms with Crippen LogP contribution in [-0.2, 0) is 16.6 Å². The number of aryl methyl sites for hydroxylation is 2. The van der Waals surface area contributed by atoms with Crippen LogP contribution in [0.15, 0.2) is 52.7 Å². The van der Waals surface area contributed by atoms with E-state index in [-0.39, 0.29) is 30.8 Å². The number of aliphatic hydroxyl groups excluding tert-OH is 1. The number of carbonyl (C=O) groups is 2. The fourth-order valence-corrected chi connectivity index (χ4v) is 4.47. The van der Waals surface area contributed by atoms with Crippen molar-refractivity contribution in [3.05, 3.63) is 65.2 Å². The molecule has 3 aromatic rings. The number of β-amino-alcohol motifs (C(OH)–C–C–N with tert-alkyl or cyclic N) is 1. The van der Waals surface area contributed by atoms with E-state index in [1.165, 1.54) is 4.90 Å². The van der Waals surface area contributed by atoms with Crippen molar-refractivity contribution in [2.75, 3.05) is 6.54 Å². The lowest BCUT2D eigenvalue weighted by Crippen LogP contribution is -2.46. The lowest BCUT2D eigenvalue weighted by atomic mass is 10.0. The molecular formula is C26H31N5O4. The zero-order valence-electron chi connectivity index (χ0n) is 20.6. The van der Waals surface area contributed by atoms with Crippen molar-refractivity contribution in [2.24, 2.45) is 7.05 Å². The summed E-state index contributed by atoms with van der Waals surface area (Å²) in [4.78, 5) is 28.1. The molecule has 3 heterocycles. The molecule has 1 saturated heterocycles. The second kappa shape index (κ2) is 9.87. The normalized spacial score (nSPS) is 18.4. The largest absolute Gasteiger partial charge is 0.391 e. The van der Waals surface area contributed by atoms with Crippen LogP contribution in [0.2, 0.25) is 0 Å². The number of rotatable bonds is 6. The molecule has 1 aromatic carbocycles. The van der Waals surface area contributed by atoms with Crippen molar-refractivity contribution in [1.29, 1.82) is 0 Å². The minimum atomic E-state index is -0.785. The zero-order valence-corrected chi connectivity index (χ0v) is 20.6. The zero-order chi connectivity index (χ0) is 25.3. The molecule has 9 nitrogen and oxygen atoms in total. The minimum Gasteiger partial charge on any atom is -0.391 e. The van der Waals surface area contributed by atoms with Gasteiger partial charge in [-0.3, -0.25) is 14.3 Å². The van der Waals surface area contributed by atoms with Crippen LogP contribution in [0.3, 0.4) is 0 Å². The van der Waals surface area contributed by atoms with E-state index in [1.54, 1.807) is 23.9 Å². The van der Waals surface area contributed by atoms with Crippen LogP contribution < -0.4 is 5.32 Å². The van der Waals surface area contributed by atoms with Crippen LogP contribution >= 0.6 is 0 Å². The van der Waals surface area contributed by atoms with E-state index in [0.717, 1.165) is 22.4 Å². The highest BCUT2D eigenvalue weighted by atomic mass is 16.5. The van der Waals surface area contributed by atoms with Gasteiger partial charge in [0, 0.05) is 32.3 Å². The molecule has 0 bridgehead atoms. The Bertz CT molecular complexity index is 1250. The highest BCUT2D eigenvalue weighted by molar-refractivity contribution is 6.20. The first-order valence-corrected chi connectivity index (χ1v) is 11.6. The van der Waals surface area contributed by atoms with Gasteiger partial charge in [0.15, 0.2) is 5.76 Å². The van der Waals surface area contributed by atoms with E-state index in [2.05, 4.69) is 15.6 Å². The van der Waals surface area contributed by atoms with Crippen molar-refractivity contribution in [3.63, 3.8) is 0 Å². The van der Waals surface area contributed by atoms with Gasteiger partial charge in [0.2, 0.25) is 5.91 Å². The van der Waals surface area contributed by atoms with Crippen LogP contribution in [0.4, 0.5) is 0 Å². The number of allylic oxidation sites excluding steroid dienone is 1. The molecule has 1 aliphatic heterocycles. The van der Waals surface area contributed by atoms with Crippen molar-refractivity contribution < 1.29 is 19.2 Å². The highest BCUT2D eigenvalue weighted by Crippen LogP contribution is 2.28. The molecule has 9 heteroatoms. The number of nitrogens with zero attached hydrogens (tertiary/aromatic N) is 4. The summed E-state index contributed by atoms with van der Waals surface area (Å²) in [5, 5.41) is 21.4. The van der Waals surface area contributed by atoms with Crippen molar-refractivity contribution in [1.82, 2.24) is 25.2 Å². The Morgan fingerprint density at radius 1 is 1.20 bits per heavy atom. The topological polar surface area (TPSA) is 113 Å².